The number of carbonyl (C=O) groups is 1. The summed E-state index contributed by atoms with van der Waals surface area (Å²) in [6.07, 6.45) is -0.541. The number of methoxy groups -OCH3 is 2. The summed E-state index contributed by atoms with van der Waals surface area (Å²) in [4.78, 5) is 15.8. The van der Waals surface area contributed by atoms with Crippen LogP contribution in [-0.2, 0) is 11.3 Å². The third-order valence-electron chi connectivity index (χ3n) is 3.28. The van der Waals surface area contributed by atoms with Gasteiger partial charge in [-0.05, 0) is 24.3 Å². The highest BCUT2D eigenvalue weighted by atomic mass is 32.1. The maximum atomic E-state index is 11.2. The normalized spacial score (nSPS) is 10.4. The highest BCUT2D eigenvalue weighted by Crippen LogP contribution is 2.31. The zero-order valence-electron chi connectivity index (χ0n) is 13.2. The van der Waals surface area contributed by atoms with Gasteiger partial charge in [0.2, 0.25) is 0 Å². The molecule has 1 amide bonds. The molecule has 0 saturated carbocycles. The minimum Gasteiger partial charge on any atom is -0.493 e. The molecule has 0 spiro atoms. The smallest absolute Gasteiger partial charge is 0.411 e. The van der Waals surface area contributed by atoms with Crippen LogP contribution in [-0.4, -0.2) is 25.3 Å². The van der Waals surface area contributed by atoms with Crippen LogP contribution in [0.15, 0.2) is 42.5 Å². The highest BCUT2D eigenvalue weighted by molar-refractivity contribution is 7.18. The van der Waals surface area contributed by atoms with Crippen molar-refractivity contribution < 1.29 is 19.0 Å². The maximum Gasteiger partial charge on any atom is 0.411 e. The monoisotopic (exact) mass is 344 g/mol. The number of amides is 1. The number of thiazole rings is 1. The molecule has 0 atom stereocenters. The molecule has 0 aliphatic rings. The summed E-state index contributed by atoms with van der Waals surface area (Å²) in [7, 11) is 2.85. The Bertz CT molecular complexity index is 830. The Kier molecular flexibility index (Phi) is 4.81. The van der Waals surface area contributed by atoms with Gasteiger partial charge in [-0.2, -0.15) is 0 Å². The number of ether oxygens (including phenoxy) is 3. The molecular weight excluding hydrogens is 328 g/mol. The minimum atomic E-state index is -0.541. The van der Waals surface area contributed by atoms with Crippen LogP contribution in [0.3, 0.4) is 0 Å². The lowest BCUT2D eigenvalue weighted by Gasteiger charge is -2.11. The largest absolute Gasteiger partial charge is 0.493 e. The molecule has 1 N–H and O–H groups in total. The van der Waals surface area contributed by atoms with Crippen molar-refractivity contribution in [1.29, 1.82) is 0 Å². The molecule has 7 heteroatoms. The van der Waals surface area contributed by atoms with Crippen molar-refractivity contribution >= 4 is 33.3 Å². The van der Waals surface area contributed by atoms with Gasteiger partial charge >= 0.3 is 6.09 Å². The summed E-state index contributed by atoms with van der Waals surface area (Å²) in [5, 5.41) is 3.46. The van der Waals surface area contributed by atoms with Gasteiger partial charge in [-0.25, -0.2) is 9.78 Å². The standard InChI is InChI=1S/C17H16N2O4S/c1-21-14-9-11(18-17(20)22-2)7-8-13(14)23-10-16-19-12-5-3-4-6-15(12)24-16/h3-9H,10H2,1-2H3,(H,18,20). The molecular formula is C17H16N2O4S. The molecule has 3 aromatic rings. The van der Waals surface area contributed by atoms with Crippen molar-refractivity contribution in [2.24, 2.45) is 0 Å². The van der Waals surface area contributed by atoms with Gasteiger partial charge < -0.3 is 14.2 Å². The van der Waals surface area contributed by atoms with Crippen molar-refractivity contribution in [2.75, 3.05) is 19.5 Å². The molecule has 1 heterocycles. The van der Waals surface area contributed by atoms with Gasteiger partial charge in [-0.3, -0.25) is 5.32 Å². The lowest BCUT2D eigenvalue weighted by Crippen LogP contribution is -2.11. The fourth-order valence-corrected chi connectivity index (χ4v) is 3.04. The predicted octanol–water partition coefficient (Wildman–Crippen LogP) is 4.06. The number of fused-ring (bicyclic) bond motifs is 1. The number of rotatable bonds is 5. The number of hydrogen-bond acceptors (Lipinski definition) is 6. The molecule has 0 aliphatic carbocycles. The lowest BCUT2D eigenvalue weighted by molar-refractivity contribution is 0.187. The van der Waals surface area contributed by atoms with Crippen molar-refractivity contribution in [3.8, 4) is 11.5 Å². The van der Waals surface area contributed by atoms with E-state index in [0.717, 1.165) is 15.2 Å². The van der Waals surface area contributed by atoms with E-state index in [1.807, 2.05) is 24.3 Å². The van der Waals surface area contributed by atoms with Crippen LogP contribution in [0, 0.1) is 0 Å². The topological polar surface area (TPSA) is 69.7 Å². The SMILES string of the molecule is COC(=O)Nc1ccc(OCc2nc3ccccc3s2)c(OC)c1. The average molecular weight is 344 g/mol. The van der Waals surface area contributed by atoms with Crippen LogP contribution in [0.4, 0.5) is 10.5 Å². The van der Waals surface area contributed by atoms with Crippen LogP contribution in [0.1, 0.15) is 5.01 Å². The zero-order chi connectivity index (χ0) is 16.9. The molecule has 124 valence electrons. The molecule has 2 aromatic carbocycles. The number of anilines is 1. The second-order valence-corrected chi connectivity index (χ2v) is 5.96. The fourth-order valence-electron chi connectivity index (χ4n) is 2.15. The van der Waals surface area contributed by atoms with E-state index >= 15 is 0 Å². The summed E-state index contributed by atoms with van der Waals surface area (Å²) in [5.74, 6) is 1.09. The van der Waals surface area contributed by atoms with E-state index in [4.69, 9.17) is 9.47 Å². The van der Waals surface area contributed by atoms with E-state index in [9.17, 15) is 4.79 Å². The zero-order valence-corrected chi connectivity index (χ0v) is 14.1. The van der Waals surface area contributed by atoms with Gasteiger partial charge in [0.1, 0.15) is 11.6 Å². The van der Waals surface area contributed by atoms with Crippen molar-refractivity contribution in [1.82, 2.24) is 4.98 Å². The first kappa shape index (κ1) is 16.1. The van der Waals surface area contributed by atoms with Crippen LogP contribution in [0.25, 0.3) is 10.2 Å². The molecule has 0 bridgehead atoms. The van der Waals surface area contributed by atoms with Gasteiger partial charge in [-0.1, -0.05) is 12.1 Å². The third kappa shape index (κ3) is 3.57. The van der Waals surface area contributed by atoms with E-state index in [-0.39, 0.29) is 0 Å². The van der Waals surface area contributed by atoms with E-state index in [1.54, 1.807) is 36.6 Å². The Balaban J connectivity index is 1.73. The predicted molar refractivity (Wildman–Crippen MR) is 93.0 cm³/mol. The number of aromatic nitrogens is 1. The third-order valence-corrected chi connectivity index (χ3v) is 4.29. The van der Waals surface area contributed by atoms with E-state index in [0.29, 0.717) is 23.8 Å². The lowest BCUT2D eigenvalue weighted by atomic mass is 10.3. The Hall–Kier alpha value is -2.80. The Morgan fingerprint density at radius 1 is 1.17 bits per heavy atom. The molecule has 24 heavy (non-hydrogen) atoms. The van der Waals surface area contributed by atoms with Crippen molar-refractivity contribution in [3.05, 3.63) is 47.5 Å². The first-order valence-electron chi connectivity index (χ1n) is 7.20. The second-order valence-electron chi connectivity index (χ2n) is 4.85. The summed E-state index contributed by atoms with van der Waals surface area (Å²) >= 11 is 1.59. The summed E-state index contributed by atoms with van der Waals surface area (Å²) in [5.41, 5.74) is 1.52. The molecule has 0 saturated heterocycles. The van der Waals surface area contributed by atoms with Gasteiger partial charge in [-0.15, -0.1) is 11.3 Å². The van der Waals surface area contributed by atoms with Crippen LogP contribution in [0.5, 0.6) is 11.5 Å². The van der Waals surface area contributed by atoms with Gasteiger partial charge in [0.15, 0.2) is 11.5 Å². The minimum absolute atomic E-state index is 0.347. The number of benzene rings is 2. The highest BCUT2D eigenvalue weighted by Gasteiger charge is 2.10. The maximum absolute atomic E-state index is 11.2. The van der Waals surface area contributed by atoms with Crippen molar-refractivity contribution in [2.45, 2.75) is 6.61 Å². The molecule has 0 unspecified atom stereocenters. The Labute approximate surface area is 143 Å². The van der Waals surface area contributed by atoms with Crippen LogP contribution in [0.2, 0.25) is 0 Å². The molecule has 1 aromatic heterocycles. The first-order chi connectivity index (χ1) is 11.7. The Morgan fingerprint density at radius 2 is 2.00 bits per heavy atom. The number of hydrogen-bond donors (Lipinski definition) is 1. The number of para-hydroxylation sites is 1. The molecule has 6 nitrogen and oxygen atoms in total. The number of nitrogens with zero attached hydrogens (tertiary/aromatic N) is 1. The summed E-state index contributed by atoms with van der Waals surface area (Å²) in [6.45, 7) is 0.347. The molecule has 3 rings (SSSR count). The molecule has 0 fully saturated rings. The van der Waals surface area contributed by atoms with E-state index < -0.39 is 6.09 Å². The van der Waals surface area contributed by atoms with Gasteiger partial charge in [0, 0.05) is 11.8 Å². The van der Waals surface area contributed by atoms with Crippen LogP contribution < -0.4 is 14.8 Å². The average Bonchev–Trinajstić information content (AvgIpc) is 3.03. The van der Waals surface area contributed by atoms with Crippen molar-refractivity contribution in [3.63, 3.8) is 0 Å². The van der Waals surface area contributed by atoms with Crippen LogP contribution >= 0.6 is 11.3 Å². The number of carbonyl (C=O) groups excluding carboxylic acids is 1. The first-order valence-corrected chi connectivity index (χ1v) is 8.01. The molecule has 0 aliphatic heterocycles. The van der Waals surface area contributed by atoms with E-state index in [1.165, 1.54) is 7.11 Å². The summed E-state index contributed by atoms with van der Waals surface area (Å²) in [6, 6.07) is 13.1. The quantitative estimate of drug-likeness (QED) is 0.756. The Morgan fingerprint density at radius 3 is 2.75 bits per heavy atom. The fraction of sp³-hybridized carbons (Fsp3) is 0.176. The number of nitrogens with one attached hydrogen (secondary N) is 1. The second kappa shape index (κ2) is 7.18. The van der Waals surface area contributed by atoms with E-state index in [2.05, 4.69) is 15.0 Å². The van der Waals surface area contributed by atoms with Gasteiger partial charge in [0.05, 0.1) is 24.4 Å². The molecule has 0 radical (unpaired) electrons. The summed E-state index contributed by atoms with van der Waals surface area (Å²) < 4.78 is 16.8. The van der Waals surface area contributed by atoms with Gasteiger partial charge in [0.25, 0.3) is 0 Å².